The molecule has 174 valence electrons. The second-order valence-corrected chi connectivity index (χ2v) is 9.50. The van der Waals surface area contributed by atoms with Gasteiger partial charge < -0.3 is 30.3 Å². The van der Waals surface area contributed by atoms with Gasteiger partial charge in [0.1, 0.15) is 24.1 Å². The Bertz CT molecular complexity index is 909. The molecule has 8 heteroatoms. The highest BCUT2D eigenvalue weighted by atomic mass is 79.9. The third-order valence-corrected chi connectivity index (χ3v) is 6.13. The van der Waals surface area contributed by atoms with E-state index >= 15 is 0 Å². The maximum absolute atomic E-state index is 12.2. The Kier molecular flexibility index (Phi) is 8.30. The number of nitrogens with one attached hydrogen (secondary N) is 2. The first-order chi connectivity index (χ1) is 15.2. The van der Waals surface area contributed by atoms with Gasteiger partial charge in [-0.15, -0.1) is 0 Å². The number of halogens is 1. The molecule has 0 saturated carbocycles. The summed E-state index contributed by atoms with van der Waals surface area (Å²) in [4.78, 5) is 12.2. The van der Waals surface area contributed by atoms with E-state index in [0.29, 0.717) is 12.2 Å². The lowest BCUT2D eigenvalue weighted by Crippen LogP contribution is -2.55. The molecule has 1 aliphatic rings. The predicted octanol–water partition coefficient (Wildman–Crippen LogP) is 2.35. The molecule has 0 spiro atoms. The average molecular weight is 507 g/mol. The van der Waals surface area contributed by atoms with Gasteiger partial charge in [0.2, 0.25) is 5.91 Å². The van der Waals surface area contributed by atoms with E-state index < -0.39 is 29.9 Å². The normalized spacial score (nSPS) is 21.2. The zero-order valence-corrected chi connectivity index (χ0v) is 20.1. The lowest BCUT2D eigenvalue weighted by atomic mass is 9.86. The fourth-order valence-corrected chi connectivity index (χ4v) is 4.29. The number of aliphatic hydroxyl groups is 2. The van der Waals surface area contributed by atoms with Crippen LogP contribution in [0.3, 0.4) is 0 Å². The Labute approximate surface area is 197 Å². The summed E-state index contributed by atoms with van der Waals surface area (Å²) < 4.78 is 11.8. The van der Waals surface area contributed by atoms with Crippen molar-refractivity contribution in [2.75, 3.05) is 20.3 Å². The summed E-state index contributed by atoms with van der Waals surface area (Å²) in [5.41, 5.74) is 0.997. The van der Waals surface area contributed by atoms with Crippen LogP contribution in [0, 0.1) is 0 Å². The van der Waals surface area contributed by atoms with Crippen LogP contribution in [0.2, 0.25) is 0 Å². The number of fused-ring (bicyclic) bond motifs is 1. The molecule has 3 rings (SSSR count). The van der Waals surface area contributed by atoms with Crippen LogP contribution in [-0.4, -0.2) is 60.2 Å². The number of methoxy groups -OCH3 is 1. The van der Waals surface area contributed by atoms with Gasteiger partial charge in [0, 0.05) is 23.7 Å². The van der Waals surface area contributed by atoms with Crippen molar-refractivity contribution < 1.29 is 24.5 Å². The fourth-order valence-electron chi connectivity index (χ4n) is 3.91. The van der Waals surface area contributed by atoms with Crippen molar-refractivity contribution in [2.24, 2.45) is 0 Å². The predicted molar refractivity (Wildman–Crippen MR) is 126 cm³/mol. The molecular weight excluding hydrogens is 476 g/mol. The van der Waals surface area contributed by atoms with Gasteiger partial charge in [-0.25, -0.2) is 0 Å². The lowest BCUT2D eigenvalue weighted by Gasteiger charge is -2.43. The number of aliphatic hydroxyl groups excluding tert-OH is 2. The summed E-state index contributed by atoms with van der Waals surface area (Å²) in [5.74, 6) is 0.388. The Morgan fingerprint density at radius 1 is 1.25 bits per heavy atom. The number of benzene rings is 2. The smallest absolute Gasteiger partial charge is 0.246 e. The van der Waals surface area contributed by atoms with Crippen molar-refractivity contribution in [3.63, 3.8) is 0 Å². The largest absolute Gasteiger partial charge is 0.485 e. The van der Waals surface area contributed by atoms with Gasteiger partial charge in [-0.1, -0.05) is 46.3 Å². The van der Waals surface area contributed by atoms with E-state index in [1.54, 1.807) is 0 Å². The first-order valence-corrected chi connectivity index (χ1v) is 11.4. The molecule has 0 unspecified atom stereocenters. The van der Waals surface area contributed by atoms with E-state index in [2.05, 4.69) is 26.6 Å². The van der Waals surface area contributed by atoms with Gasteiger partial charge in [-0.3, -0.25) is 4.79 Å². The Balaban J connectivity index is 1.76. The highest BCUT2D eigenvalue weighted by molar-refractivity contribution is 9.10. The van der Waals surface area contributed by atoms with Crippen LogP contribution in [0.5, 0.6) is 5.75 Å². The van der Waals surface area contributed by atoms with Crippen LogP contribution < -0.4 is 15.4 Å². The molecule has 0 fully saturated rings. The molecule has 1 amide bonds. The summed E-state index contributed by atoms with van der Waals surface area (Å²) in [6.45, 7) is 3.74. The highest BCUT2D eigenvalue weighted by Gasteiger charge is 2.43. The van der Waals surface area contributed by atoms with E-state index in [4.69, 9.17) is 9.47 Å². The Hall–Kier alpha value is -1.97. The molecular formula is C24H31BrN2O5. The SMILES string of the molecule is COCC(=O)N[C@@H](Cc1ccccc1)[C@H](O)CN[C@H]1c2cc(Br)ccc2OC(C)(C)[C@@H]1O. The summed E-state index contributed by atoms with van der Waals surface area (Å²) in [6, 6.07) is 14.3. The van der Waals surface area contributed by atoms with E-state index in [1.165, 1.54) is 7.11 Å². The minimum atomic E-state index is -0.898. The van der Waals surface area contributed by atoms with Crippen LogP contribution in [-0.2, 0) is 16.0 Å². The van der Waals surface area contributed by atoms with Gasteiger partial charge in [-0.05, 0) is 44.0 Å². The number of hydrogen-bond acceptors (Lipinski definition) is 6. The first kappa shape index (κ1) is 24.7. The number of hydrogen-bond donors (Lipinski definition) is 4. The van der Waals surface area contributed by atoms with Crippen molar-refractivity contribution in [1.82, 2.24) is 10.6 Å². The first-order valence-electron chi connectivity index (χ1n) is 10.6. The number of ether oxygens (including phenoxy) is 2. The second kappa shape index (κ2) is 10.8. The average Bonchev–Trinajstić information content (AvgIpc) is 2.75. The van der Waals surface area contributed by atoms with Crippen LogP contribution in [0.1, 0.15) is 31.0 Å². The molecule has 4 N–H and O–H groups in total. The van der Waals surface area contributed by atoms with E-state index in [0.717, 1.165) is 15.6 Å². The van der Waals surface area contributed by atoms with Gasteiger partial charge in [-0.2, -0.15) is 0 Å². The summed E-state index contributed by atoms with van der Waals surface area (Å²) in [5, 5.41) is 28.1. The van der Waals surface area contributed by atoms with Gasteiger partial charge in [0.05, 0.1) is 18.2 Å². The molecule has 7 nitrogen and oxygen atoms in total. The molecule has 0 aromatic heterocycles. The third kappa shape index (κ3) is 6.08. The standard InChI is InChI=1S/C24H31BrN2O5/c1-24(2)23(30)22(17-12-16(25)9-10-20(17)32-24)26-13-19(28)18(27-21(29)14-31-3)11-15-7-5-4-6-8-15/h4-10,12,18-19,22-23,26,28,30H,11,13-14H2,1-3H3,(H,27,29)/t18-,19+,22-,23+/m0/s1. The summed E-state index contributed by atoms with van der Waals surface area (Å²) >= 11 is 3.47. The van der Waals surface area contributed by atoms with Crippen LogP contribution in [0.25, 0.3) is 0 Å². The molecule has 1 heterocycles. The fraction of sp³-hybridized carbons (Fsp3) is 0.458. The highest BCUT2D eigenvalue weighted by Crippen LogP contribution is 2.40. The van der Waals surface area contributed by atoms with Gasteiger partial charge in [0.25, 0.3) is 0 Å². The molecule has 2 aromatic rings. The van der Waals surface area contributed by atoms with Crippen molar-refractivity contribution in [3.8, 4) is 5.75 Å². The van der Waals surface area contributed by atoms with Crippen molar-refractivity contribution in [2.45, 2.75) is 50.2 Å². The molecule has 32 heavy (non-hydrogen) atoms. The number of carbonyl (C=O) groups excluding carboxylic acids is 1. The maximum atomic E-state index is 12.2. The maximum Gasteiger partial charge on any atom is 0.246 e. The Morgan fingerprint density at radius 3 is 2.66 bits per heavy atom. The monoisotopic (exact) mass is 506 g/mol. The molecule has 1 aliphatic heterocycles. The molecule has 0 radical (unpaired) electrons. The molecule has 0 aliphatic carbocycles. The van der Waals surface area contributed by atoms with Crippen LogP contribution >= 0.6 is 15.9 Å². The van der Waals surface area contributed by atoms with Crippen LogP contribution in [0.4, 0.5) is 0 Å². The topological polar surface area (TPSA) is 100 Å². The minimum absolute atomic E-state index is 0.0836. The molecule has 2 aromatic carbocycles. The van der Waals surface area contributed by atoms with Crippen molar-refractivity contribution in [1.29, 1.82) is 0 Å². The van der Waals surface area contributed by atoms with E-state index in [9.17, 15) is 15.0 Å². The number of amides is 1. The molecule has 0 saturated heterocycles. The molecule has 4 atom stereocenters. The van der Waals surface area contributed by atoms with Crippen LogP contribution in [0.15, 0.2) is 53.0 Å². The van der Waals surface area contributed by atoms with Crippen molar-refractivity contribution in [3.05, 3.63) is 64.1 Å². The van der Waals surface area contributed by atoms with E-state index in [-0.39, 0.29) is 19.1 Å². The zero-order valence-electron chi connectivity index (χ0n) is 18.5. The van der Waals surface area contributed by atoms with E-state index in [1.807, 2.05) is 62.4 Å². The zero-order chi connectivity index (χ0) is 23.3. The van der Waals surface area contributed by atoms with Crippen molar-refractivity contribution >= 4 is 21.8 Å². The Morgan fingerprint density at radius 2 is 1.97 bits per heavy atom. The third-order valence-electron chi connectivity index (χ3n) is 5.64. The molecule has 0 bridgehead atoms. The minimum Gasteiger partial charge on any atom is -0.485 e. The lowest BCUT2D eigenvalue weighted by molar-refractivity contribution is -0.126. The van der Waals surface area contributed by atoms with Gasteiger partial charge in [0.15, 0.2) is 0 Å². The summed E-state index contributed by atoms with van der Waals surface area (Å²) in [6.07, 6.45) is -1.28. The quantitative estimate of drug-likeness (QED) is 0.416. The number of carbonyl (C=O) groups is 1. The number of rotatable bonds is 9. The van der Waals surface area contributed by atoms with Gasteiger partial charge >= 0.3 is 0 Å². The second-order valence-electron chi connectivity index (χ2n) is 8.58. The summed E-state index contributed by atoms with van der Waals surface area (Å²) in [7, 11) is 1.45.